The first-order valence-corrected chi connectivity index (χ1v) is 15.3. The van der Waals surface area contributed by atoms with Crippen molar-refractivity contribution >= 4 is 41.2 Å². The predicted molar refractivity (Wildman–Crippen MR) is 141 cm³/mol. The number of aliphatic hydroxyl groups excluding tert-OH is 1. The highest BCUT2D eigenvalue weighted by atomic mass is 32.7. The molecule has 2 aromatic heterocycles. The van der Waals surface area contributed by atoms with Crippen LogP contribution in [0.5, 0.6) is 5.88 Å². The maximum atomic E-state index is 13.3. The van der Waals surface area contributed by atoms with E-state index in [9.17, 15) is 19.6 Å². The number of fused-ring (bicyclic) bond motifs is 1. The Labute approximate surface area is 227 Å². The zero-order valence-corrected chi connectivity index (χ0v) is 23.0. The zero-order chi connectivity index (χ0) is 27.9. The number of hydrogen-bond donors (Lipinski definition) is 4. The molecule has 0 spiro atoms. The van der Waals surface area contributed by atoms with Crippen LogP contribution < -0.4 is 15.6 Å². The summed E-state index contributed by atoms with van der Waals surface area (Å²) in [6, 6.07) is 8.43. The lowest BCUT2D eigenvalue weighted by Crippen LogP contribution is -2.44. The summed E-state index contributed by atoms with van der Waals surface area (Å²) in [4.78, 5) is 25.0. The van der Waals surface area contributed by atoms with Crippen LogP contribution in [0.15, 0.2) is 36.7 Å². The third-order valence-corrected chi connectivity index (χ3v) is 10.6. The molecule has 7 atom stereocenters. The van der Waals surface area contributed by atoms with Gasteiger partial charge in [0.15, 0.2) is 17.4 Å². The average molecular weight is 581 g/mol. The molecule has 0 radical (unpaired) electrons. The van der Waals surface area contributed by atoms with Crippen molar-refractivity contribution in [1.82, 2.24) is 24.6 Å². The van der Waals surface area contributed by atoms with Crippen LogP contribution in [0, 0.1) is 0 Å². The minimum absolute atomic E-state index is 0.0761. The second kappa shape index (κ2) is 10.7. The van der Waals surface area contributed by atoms with E-state index in [0.29, 0.717) is 0 Å². The number of carbonyl (C=O) groups excluding carboxylic acids is 1. The first-order valence-electron chi connectivity index (χ1n) is 12.0. The van der Waals surface area contributed by atoms with Crippen LogP contribution >= 0.6 is 18.1 Å². The van der Waals surface area contributed by atoms with Gasteiger partial charge in [0.25, 0.3) is 0 Å². The summed E-state index contributed by atoms with van der Waals surface area (Å²) < 4.78 is 37.0. The van der Waals surface area contributed by atoms with E-state index >= 15 is 0 Å². The van der Waals surface area contributed by atoms with Crippen LogP contribution in [0.25, 0.3) is 11.2 Å². The van der Waals surface area contributed by atoms with Crippen LogP contribution in [0.3, 0.4) is 0 Å². The number of nitrogens with one attached hydrogen (secondary N) is 1. The van der Waals surface area contributed by atoms with Crippen molar-refractivity contribution < 1.29 is 38.3 Å². The molecule has 5 N–H and O–H groups in total. The number of methoxy groups -OCH3 is 1. The number of aromatic nitrogens is 4. The minimum Gasteiger partial charge on any atom is -0.479 e. The van der Waals surface area contributed by atoms with Crippen LogP contribution in [-0.4, -0.2) is 79.0 Å². The molecule has 0 amide bonds. The van der Waals surface area contributed by atoms with E-state index in [1.807, 2.05) is 30.3 Å². The van der Waals surface area contributed by atoms with Gasteiger partial charge in [-0.25, -0.2) is 10.1 Å². The topological polar surface area (TPSA) is 193 Å². The first-order chi connectivity index (χ1) is 18.5. The number of carbonyl (C=O) groups is 1. The largest absolute Gasteiger partial charge is 0.479 e. The molecule has 2 saturated heterocycles. The van der Waals surface area contributed by atoms with Gasteiger partial charge in [0.1, 0.15) is 30.0 Å². The number of nitrogen functional groups attached to an aromatic ring is 1. The number of esters is 1. The molecule has 2 aliphatic heterocycles. The molecular formula is C23H29N6O8PS. The molecule has 5 rings (SSSR count). The van der Waals surface area contributed by atoms with E-state index < -0.39 is 48.9 Å². The number of aliphatic hydroxyl groups is 2. The van der Waals surface area contributed by atoms with Gasteiger partial charge in [0.05, 0.1) is 20.0 Å². The lowest BCUT2D eigenvalue weighted by atomic mass is 9.96. The smallest absolute Gasteiger partial charge is 0.327 e. The van der Waals surface area contributed by atoms with Crippen molar-refractivity contribution in [3.63, 3.8) is 0 Å². The first kappa shape index (κ1) is 27.8. The summed E-state index contributed by atoms with van der Waals surface area (Å²) in [5.74, 6) is -0.310. The molecule has 1 unspecified atom stereocenters. The Morgan fingerprint density at radius 3 is 2.85 bits per heavy atom. The Bertz CT molecular complexity index is 1410. The third-order valence-electron chi connectivity index (χ3n) is 6.59. The van der Waals surface area contributed by atoms with Gasteiger partial charge in [0, 0.05) is 5.75 Å². The summed E-state index contributed by atoms with van der Waals surface area (Å²) >= 11 is 0.956. The van der Waals surface area contributed by atoms with Crippen molar-refractivity contribution in [1.29, 1.82) is 0 Å². The molecule has 14 nitrogen and oxygen atoms in total. The van der Waals surface area contributed by atoms with Crippen molar-refractivity contribution in [3.05, 3.63) is 42.2 Å². The molecule has 0 bridgehead atoms. The van der Waals surface area contributed by atoms with E-state index in [0.717, 1.165) is 16.9 Å². The number of nitrogens with zero attached hydrogens (tertiary/aromatic N) is 4. The van der Waals surface area contributed by atoms with E-state index in [-0.39, 0.29) is 35.4 Å². The minimum atomic E-state index is -3.53. The molecule has 0 aliphatic carbocycles. The molecule has 210 valence electrons. The van der Waals surface area contributed by atoms with Gasteiger partial charge in [-0.2, -0.15) is 9.97 Å². The van der Waals surface area contributed by atoms with Crippen LogP contribution in [-0.2, 0) is 23.4 Å². The number of hydrogen-bond acceptors (Lipinski definition) is 13. The lowest BCUT2D eigenvalue weighted by Gasteiger charge is -2.27. The molecular weight excluding hydrogens is 551 g/mol. The van der Waals surface area contributed by atoms with Gasteiger partial charge < -0.3 is 34.7 Å². The number of nitrogens with two attached hydrogens (primary N) is 1. The quantitative estimate of drug-likeness (QED) is 0.221. The highest BCUT2D eigenvalue weighted by molar-refractivity contribution is 8.56. The number of anilines is 1. The SMILES string of the molecule is COc1nc(N)nc2c1ncn2C1O[C@H](CO[P@]2(=O)N[C@@H](C(=O)O[C@@H](C)c3ccccc3)CS2)[C@@H](O)[C@@]1(C)O. The highest BCUT2D eigenvalue weighted by Gasteiger charge is 2.54. The van der Waals surface area contributed by atoms with Gasteiger partial charge in [0.2, 0.25) is 11.8 Å². The Hall–Kier alpha value is -2.78. The summed E-state index contributed by atoms with van der Waals surface area (Å²) in [6.07, 6.45) is -2.75. The van der Waals surface area contributed by atoms with Crippen LogP contribution in [0.1, 0.15) is 31.7 Å². The molecule has 2 fully saturated rings. The lowest BCUT2D eigenvalue weighted by molar-refractivity contribution is -0.150. The summed E-state index contributed by atoms with van der Waals surface area (Å²) in [5.41, 5.74) is 5.33. The summed E-state index contributed by atoms with van der Waals surface area (Å²) in [6.45, 7) is -0.719. The fraction of sp³-hybridized carbons (Fsp3) is 0.478. The van der Waals surface area contributed by atoms with Gasteiger partial charge in [-0.15, -0.1) is 0 Å². The fourth-order valence-electron chi connectivity index (χ4n) is 4.45. The Morgan fingerprint density at radius 1 is 1.38 bits per heavy atom. The molecule has 0 saturated carbocycles. The van der Waals surface area contributed by atoms with Crippen LogP contribution in [0.4, 0.5) is 5.95 Å². The molecule has 4 heterocycles. The molecule has 1 aromatic carbocycles. The second-order valence-electron chi connectivity index (χ2n) is 9.37. The Kier molecular flexibility index (Phi) is 7.59. The molecule has 16 heteroatoms. The van der Waals surface area contributed by atoms with E-state index in [2.05, 4.69) is 20.0 Å². The highest BCUT2D eigenvalue weighted by Crippen LogP contribution is 2.61. The number of ether oxygens (including phenoxy) is 3. The van der Waals surface area contributed by atoms with E-state index in [1.165, 1.54) is 24.9 Å². The number of imidazole rings is 1. The average Bonchev–Trinajstić information content (AvgIpc) is 3.57. The summed E-state index contributed by atoms with van der Waals surface area (Å²) in [7, 11) is 1.41. The number of benzene rings is 1. The standard InChI is InChI=1S/C23H29N6O8PS/c1-12(13-7-5-4-6-8-13)36-20(31)14-10-39-38(33,28-14)35-9-15-17(30)23(2,32)21(37-15)29-11-25-16-18(29)26-22(24)27-19(16)34-3/h4-8,11-12,14-15,17,21,30,32H,9-10H2,1-3H3,(H,28,33)(H2,24,26,27)/t12-,14+,15+,17+,21?,23+,38+/m0/s1. The van der Waals surface area contributed by atoms with Gasteiger partial charge >= 0.3 is 12.7 Å². The number of rotatable bonds is 8. The Morgan fingerprint density at radius 2 is 2.13 bits per heavy atom. The molecule has 39 heavy (non-hydrogen) atoms. The van der Waals surface area contributed by atoms with Crippen LogP contribution in [0.2, 0.25) is 0 Å². The summed E-state index contributed by atoms with van der Waals surface area (Å²) in [5, 5.41) is 24.7. The third kappa shape index (κ3) is 5.35. The molecule has 2 aliphatic rings. The maximum absolute atomic E-state index is 13.3. The van der Waals surface area contributed by atoms with Crippen molar-refractivity contribution in [2.75, 3.05) is 25.2 Å². The van der Waals surface area contributed by atoms with Gasteiger partial charge in [-0.05, 0) is 19.4 Å². The van der Waals surface area contributed by atoms with E-state index in [4.69, 9.17) is 24.5 Å². The van der Waals surface area contributed by atoms with E-state index in [1.54, 1.807) is 6.92 Å². The van der Waals surface area contributed by atoms with Crippen molar-refractivity contribution in [3.8, 4) is 5.88 Å². The molecule has 3 aromatic rings. The monoisotopic (exact) mass is 580 g/mol. The van der Waals surface area contributed by atoms with Crippen molar-refractivity contribution in [2.24, 2.45) is 0 Å². The van der Waals surface area contributed by atoms with Gasteiger partial charge in [-0.1, -0.05) is 41.7 Å². The zero-order valence-electron chi connectivity index (χ0n) is 21.3. The predicted octanol–water partition coefficient (Wildman–Crippen LogP) is 1.56. The maximum Gasteiger partial charge on any atom is 0.327 e. The van der Waals surface area contributed by atoms with Crippen molar-refractivity contribution in [2.45, 2.75) is 50.0 Å². The second-order valence-corrected chi connectivity index (χ2v) is 13.7. The van der Waals surface area contributed by atoms with Gasteiger partial charge in [-0.3, -0.25) is 13.9 Å². The fourth-order valence-corrected chi connectivity index (χ4v) is 8.33. The Balaban J connectivity index is 1.23. The normalized spacial score (nSPS) is 31.4.